The molecule has 0 aromatic heterocycles. The Balaban J connectivity index is 1.44. The maximum absolute atomic E-state index is 12.9. The van der Waals surface area contributed by atoms with E-state index in [1.165, 1.54) is 12.8 Å². The first-order chi connectivity index (χ1) is 13.6. The molecule has 1 N–H and O–H groups in total. The Kier molecular flexibility index (Phi) is 6.01. The number of fused-ring (bicyclic) bond motifs is 1. The van der Waals surface area contributed by atoms with Crippen LogP contribution < -0.4 is 5.32 Å². The fourth-order valence-electron chi connectivity index (χ4n) is 4.33. The summed E-state index contributed by atoms with van der Waals surface area (Å²) in [5.41, 5.74) is 1.11. The fraction of sp³-hybridized carbons (Fsp3) is 0.619. The van der Waals surface area contributed by atoms with Crippen LogP contribution in [0, 0.1) is 5.92 Å². The molecule has 0 aromatic rings. The quantitative estimate of drug-likeness (QED) is 0.581. The van der Waals surface area contributed by atoms with Crippen molar-refractivity contribution in [2.75, 3.05) is 13.2 Å². The van der Waals surface area contributed by atoms with Crippen LogP contribution in [0.25, 0.3) is 0 Å². The van der Waals surface area contributed by atoms with Crippen molar-refractivity contribution in [2.45, 2.75) is 63.5 Å². The lowest BCUT2D eigenvalue weighted by Crippen LogP contribution is -2.49. The van der Waals surface area contributed by atoms with E-state index in [9.17, 15) is 9.59 Å². The summed E-state index contributed by atoms with van der Waals surface area (Å²) in [6.45, 7) is 1.19. The van der Waals surface area contributed by atoms with E-state index in [-0.39, 0.29) is 29.1 Å². The number of carbonyl (C=O) groups excluding carboxylic acids is 2. The normalized spacial score (nSPS) is 28.5. The van der Waals surface area contributed by atoms with E-state index >= 15 is 0 Å². The lowest BCUT2D eigenvalue weighted by atomic mass is 9.91. The number of amides is 2. The van der Waals surface area contributed by atoms with Gasteiger partial charge >= 0.3 is 0 Å². The van der Waals surface area contributed by atoms with Gasteiger partial charge in [-0.25, -0.2) is 4.99 Å². The van der Waals surface area contributed by atoms with Gasteiger partial charge in [-0.1, -0.05) is 37.8 Å². The molecule has 2 atom stereocenters. The zero-order chi connectivity index (χ0) is 19.5. The van der Waals surface area contributed by atoms with Gasteiger partial charge in [-0.2, -0.15) is 0 Å². The maximum Gasteiger partial charge on any atom is 0.251 e. The predicted octanol–water partition coefficient (Wildman–Crippen LogP) is 2.68. The molecule has 2 unspecified atom stereocenters. The van der Waals surface area contributed by atoms with Crippen LogP contribution in [0.15, 0.2) is 28.8 Å². The number of thiocarbonyl (C=S) groups is 1. The first-order valence-electron chi connectivity index (χ1n) is 10.4. The summed E-state index contributed by atoms with van der Waals surface area (Å²) in [6, 6.07) is 0.236. The van der Waals surface area contributed by atoms with Gasteiger partial charge in [0.25, 0.3) is 5.91 Å². The summed E-state index contributed by atoms with van der Waals surface area (Å²) in [7, 11) is 0. The van der Waals surface area contributed by atoms with Gasteiger partial charge < -0.3 is 10.1 Å². The van der Waals surface area contributed by atoms with Crippen molar-refractivity contribution >= 4 is 34.9 Å². The van der Waals surface area contributed by atoms with E-state index in [1.54, 1.807) is 23.1 Å². The first-order valence-corrected chi connectivity index (χ1v) is 10.8. The van der Waals surface area contributed by atoms with Crippen molar-refractivity contribution in [3.8, 4) is 0 Å². The molecule has 0 spiro atoms. The highest BCUT2D eigenvalue weighted by Gasteiger charge is 2.37. The molecule has 4 aliphatic rings. The Bertz CT molecular complexity index is 744. The van der Waals surface area contributed by atoms with Gasteiger partial charge in [-0.15, -0.1) is 0 Å². The largest absolute Gasteiger partial charge is 0.376 e. The molecule has 1 saturated carbocycles. The van der Waals surface area contributed by atoms with Gasteiger partial charge in [-0.3, -0.25) is 14.5 Å². The van der Waals surface area contributed by atoms with Gasteiger partial charge in [0.1, 0.15) is 0 Å². The topological polar surface area (TPSA) is 71.0 Å². The number of rotatable bonds is 4. The van der Waals surface area contributed by atoms with E-state index in [0.717, 1.165) is 45.1 Å². The number of hydrogen-bond donors (Lipinski definition) is 1. The molecule has 0 bridgehead atoms. The smallest absolute Gasteiger partial charge is 0.251 e. The molecule has 6 nitrogen and oxygen atoms in total. The van der Waals surface area contributed by atoms with Crippen LogP contribution in [0.5, 0.6) is 0 Å². The van der Waals surface area contributed by atoms with Crippen molar-refractivity contribution < 1.29 is 14.3 Å². The van der Waals surface area contributed by atoms with E-state index < -0.39 is 5.92 Å². The maximum atomic E-state index is 12.9. The van der Waals surface area contributed by atoms with Crippen LogP contribution in [0.3, 0.4) is 0 Å². The third-order valence-corrected chi connectivity index (χ3v) is 6.25. The first kappa shape index (κ1) is 19.5. The second-order valence-corrected chi connectivity index (χ2v) is 8.37. The average molecular weight is 402 g/mol. The van der Waals surface area contributed by atoms with Crippen LogP contribution in [-0.2, 0) is 14.3 Å². The Morgan fingerprint density at radius 2 is 2.00 bits per heavy atom. The van der Waals surface area contributed by atoms with Crippen LogP contribution >= 0.6 is 12.2 Å². The molecule has 150 valence electrons. The van der Waals surface area contributed by atoms with Gasteiger partial charge in [0, 0.05) is 18.2 Å². The molecule has 7 heteroatoms. The molecule has 2 aliphatic heterocycles. The molecular formula is C21H27N3O3S. The summed E-state index contributed by atoms with van der Waals surface area (Å²) in [5.74, 6) is -0.645. The number of hydrogen-bond acceptors (Lipinski definition) is 4. The van der Waals surface area contributed by atoms with Crippen molar-refractivity contribution in [1.82, 2.24) is 10.2 Å². The van der Waals surface area contributed by atoms with E-state index in [2.05, 4.69) is 10.3 Å². The molecule has 0 aromatic carbocycles. The molecule has 0 radical (unpaired) electrons. The summed E-state index contributed by atoms with van der Waals surface area (Å²) >= 11 is 5.37. The minimum Gasteiger partial charge on any atom is -0.376 e. The Hall–Kier alpha value is -1.86. The van der Waals surface area contributed by atoms with E-state index in [0.29, 0.717) is 17.8 Å². The van der Waals surface area contributed by atoms with Crippen molar-refractivity contribution in [3.63, 3.8) is 0 Å². The molecule has 2 heterocycles. The molecule has 2 amide bonds. The number of allylic oxidation sites excluding steroid dienone is 1. The minimum absolute atomic E-state index is 0.0303. The van der Waals surface area contributed by atoms with Crippen LogP contribution in [0.2, 0.25) is 0 Å². The van der Waals surface area contributed by atoms with E-state index in [1.807, 2.05) is 0 Å². The monoisotopic (exact) mass is 401 g/mol. The van der Waals surface area contributed by atoms with Crippen molar-refractivity contribution in [3.05, 3.63) is 23.8 Å². The molecular weight excluding hydrogens is 374 g/mol. The second kappa shape index (κ2) is 8.66. The van der Waals surface area contributed by atoms with Crippen molar-refractivity contribution in [1.29, 1.82) is 0 Å². The molecule has 2 fully saturated rings. The van der Waals surface area contributed by atoms with Crippen LogP contribution in [-0.4, -0.2) is 52.8 Å². The van der Waals surface area contributed by atoms with Crippen LogP contribution in [0.4, 0.5) is 0 Å². The lowest BCUT2D eigenvalue weighted by molar-refractivity contribution is -0.129. The average Bonchev–Trinajstić information content (AvgIpc) is 3.07. The Morgan fingerprint density at radius 1 is 1.21 bits per heavy atom. The van der Waals surface area contributed by atoms with Crippen LogP contribution in [0.1, 0.15) is 51.4 Å². The highest BCUT2D eigenvalue weighted by atomic mass is 32.1. The predicted molar refractivity (Wildman–Crippen MR) is 111 cm³/mol. The van der Waals surface area contributed by atoms with Crippen molar-refractivity contribution in [2.24, 2.45) is 10.9 Å². The third kappa shape index (κ3) is 4.25. The van der Waals surface area contributed by atoms with E-state index in [4.69, 9.17) is 17.0 Å². The third-order valence-electron chi connectivity index (χ3n) is 5.94. The zero-order valence-electron chi connectivity index (χ0n) is 16.1. The standard InChI is InChI=1S/C21H27N3O3S/c25-19(22-15-6-3-1-2-4-7-15)14-9-10-17-18(12-14)23-21(28)24(20(17)26)13-16-8-5-11-27-16/h9-10,12,15-17H,1-8,11,13H2,(H,22,25). The summed E-state index contributed by atoms with van der Waals surface area (Å²) in [5, 5.41) is 3.41. The lowest BCUT2D eigenvalue weighted by Gasteiger charge is -2.32. The van der Waals surface area contributed by atoms with Gasteiger partial charge in [0.15, 0.2) is 0 Å². The SMILES string of the molecule is O=C(NC1CCCCCC1)C1=CC2=NC(=S)N(CC3CCCO3)C(=O)C2C=C1. The molecule has 2 aliphatic carbocycles. The number of aliphatic imine (C=N–C) groups is 1. The molecule has 4 rings (SSSR count). The summed E-state index contributed by atoms with van der Waals surface area (Å²) in [6.07, 6.45) is 14.1. The van der Waals surface area contributed by atoms with Gasteiger partial charge in [0.05, 0.1) is 24.3 Å². The highest BCUT2D eigenvalue weighted by Crippen LogP contribution is 2.25. The summed E-state index contributed by atoms with van der Waals surface area (Å²) < 4.78 is 5.63. The highest BCUT2D eigenvalue weighted by molar-refractivity contribution is 7.80. The summed E-state index contributed by atoms with van der Waals surface area (Å²) in [4.78, 5) is 31.6. The molecule has 1 saturated heterocycles. The fourth-order valence-corrected chi connectivity index (χ4v) is 4.60. The van der Waals surface area contributed by atoms with Gasteiger partial charge in [-0.05, 0) is 44.0 Å². The number of nitrogens with zero attached hydrogens (tertiary/aromatic N) is 2. The number of carbonyl (C=O) groups is 2. The Morgan fingerprint density at radius 3 is 2.71 bits per heavy atom. The second-order valence-electron chi connectivity index (χ2n) is 8.00. The number of nitrogens with one attached hydrogen (secondary N) is 1. The zero-order valence-corrected chi connectivity index (χ0v) is 16.9. The molecule has 28 heavy (non-hydrogen) atoms. The minimum atomic E-state index is -0.470. The van der Waals surface area contributed by atoms with Gasteiger partial charge in [0.2, 0.25) is 11.0 Å². The Labute approximate surface area is 171 Å². The number of ether oxygens (including phenoxy) is 1.